The second kappa shape index (κ2) is 12.5. The van der Waals surface area contributed by atoms with E-state index >= 15 is 0 Å². The second-order valence-electron chi connectivity index (χ2n) is 8.06. The minimum absolute atomic E-state index is 0.0206. The molecule has 17 heteroatoms. The van der Waals surface area contributed by atoms with Crippen LogP contribution in [-0.4, -0.2) is 82.8 Å². The highest BCUT2D eigenvalue weighted by Gasteiger charge is 2.54. The van der Waals surface area contributed by atoms with Gasteiger partial charge >= 0.3 is 17.9 Å². The summed E-state index contributed by atoms with van der Waals surface area (Å²) in [5.74, 6) is -1.97. The van der Waals surface area contributed by atoms with Crippen LogP contribution >= 0.6 is 34.9 Å². The Balaban J connectivity index is 1.45. The molecule has 4 N–H and O–H groups in total. The van der Waals surface area contributed by atoms with Gasteiger partial charge in [0, 0.05) is 28.6 Å². The number of carboxylic acid groups (broad SMARTS) is 1. The summed E-state index contributed by atoms with van der Waals surface area (Å²) in [5, 5.41) is 34.7. The summed E-state index contributed by atoms with van der Waals surface area (Å²) in [6.45, 7) is -0.0598. The Morgan fingerprint density at radius 2 is 2.13 bits per heavy atom. The molecule has 3 atom stereocenters. The van der Waals surface area contributed by atoms with E-state index in [-0.39, 0.29) is 29.8 Å². The molecule has 4 heterocycles. The van der Waals surface area contributed by atoms with Gasteiger partial charge in [0.15, 0.2) is 5.03 Å². The molecule has 4 amide bonds. The Kier molecular flexibility index (Phi) is 9.16. The average molecular weight is 597 g/mol. The molecule has 0 saturated carbocycles. The number of nitrogens with one attached hydrogen (secondary N) is 3. The molecule has 0 spiro atoms. The van der Waals surface area contributed by atoms with Gasteiger partial charge in [-0.2, -0.15) is 0 Å². The monoisotopic (exact) mass is 596 g/mol. The number of aromatic nitrogens is 2. The standard InChI is InChI=1S/C22H24N6O8S3/c1-35-10-23-22(33)25-15(12-4-3-7-37-12)18(29)24-16-19(30)27-17(21(31)32)11(9-39-20(16)27)8-38-13-5-6-14(36-2)28(34)26-13/h3-7,15-16,20H,8-10H2,1-2H3,(H,24,29)(H,31,32)(H2,23,25,33)/t15?,16-,20?/m0/s1. The number of rotatable bonds is 11. The summed E-state index contributed by atoms with van der Waals surface area (Å²) < 4.78 is 9.69. The molecular weight excluding hydrogens is 572 g/mol. The maximum absolute atomic E-state index is 13.2. The van der Waals surface area contributed by atoms with Gasteiger partial charge in [0.05, 0.1) is 13.2 Å². The van der Waals surface area contributed by atoms with Gasteiger partial charge in [-0.15, -0.1) is 23.1 Å². The summed E-state index contributed by atoms with van der Waals surface area (Å²) in [6, 6.07) is 3.75. The lowest BCUT2D eigenvalue weighted by atomic mass is 10.0. The first kappa shape index (κ1) is 28.5. The number of aliphatic carboxylic acids is 1. The number of urea groups is 1. The van der Waals surface area contributed by atoms with Crippen molar-refractivity contribution in [3.63, 3.8) is 0 Å². The molecule has 2 aliphatic heterocycles. The van der Waals surface area contributed by atoms with E-state index in [0.29, 0.717) is 20.3 Å². The van der Waals surface area contributed by atoms with Crippen LogP contribution < -0.4 is 25.5 Å². The van der Waals surface area contributed by atoms with Gasteiger partial charge in [0.2, 0.25) is 5.91 Å². The maximum Gasteiger partial charge on any atom is 0.405 e. The molecule has 2 aromatic rings. The van der Waals surface area contributed by atoms with Crippen LogP contribution in [0, 0.1) is 5.21 Å². The lowest BCUT2D eigenvalue weighted by Crippen LogP contribution is -2.71. The van der Waals surface area contributed by atoms with Crippen molar-refractivity contribution in [2.45, 2.75) is 22.5 Å². The van der Waals surface area contributed by atoms with Crippen molar-refractivity contribution in [1.29, 1.82) is 0 Å². The third kappa shape index (κ3) is 6.21. The number of ether oxygens (including phenoxy) is 2. The molecule has 2 unspecified atom stereocenters. The normalized spacial score (nSPS) is 19.0. The van der Waals surface area contributed by atoms with Crippen molar-refractivity contribution in [2.75, 3.05) is 32.5 Å². The van der Waals surface area contributed by atoms with Gasteiger partial charge in [0.25, 0.3) is 5.91 Å². The van der Waals surface area contributed by atoms with E-state index in [9.17, 15) is 29.5 Å². The van der Waals surface area contributed by atoms with Crippen LogP contribution in [0.15, 0.2) is 45.9 Å². The summed E-state index contributed by atoms with van der Waals surface area (Å²) >= 11 is 3.72. The molecule has 2 aliphatic rings. The molecule has 39 heavy (non-hydrogen) atoms. The number of carboxylic acids is 1. The van der Waals surface area contributed by atoms with Crippen LogP contribution in [0.5, 0.6) is 5.88 Å². The van der Waals surface area contributed by atoms with E-state index in [1.54, 1.807) is 23.6 Å². The number of carbonyl (C=O) groups is 4. The third-order valence-corrected chi connectivity index (χ3v) is 8.92. The Bertz CT molecular complexity index is 1290. The predicted molar refractivity (Wildman–Crippen MR) is 141 cm³/mol. The summed E-state index contributed by atoms with van der Waals surface area (Å²) in [5.41, 5.74) is 0.326. The Labute approximate surface area is 234 Å². The van der Waals surface area contributed by atoms with Gasteiger partial charge in [-0.05, 0) is 27.9 Å². The van der Waals surface area contributed by atoms with Crippen LogP contribution in [0.3, 0.4) is 0 Å². The van der Waals surface area contributed by atoms with Crippen molar-refractivity contribution in [2.24, 2.45) is 0 Å². The SMILES string of the molecule is COCNC(=O)NC(C(=O)N[C@H]1C(=O)N2C(C(=O)O)=C(CSc3ccc(OC)[n+]([O-])n3)CSC12)c1cccs1. The largest absolute Gasteiger partial charge is 0.591 e. The fourth-order valence-electron chi connectivity index (χ4n) is 3.83. The molecule has 4 rings (SSSR count). The molecule has 0 radical (unpaired) electrons. The Morgan fingerprint density at radius 1 is 1.33 bits per heavy atom. The number of hydrogen-bond acceptors (Lipinski definition) is 11. The van der Waals surface area contributed by atoms with Gasteiger partial charge in [-0.3, -0.25) is 14.5 Å². The fourth-order valence-corrected chi connectivity index (χ4v) is 6.94. The molecule has 14 nitrogen and oxygen atoms in total. The molecule has 0 aliphatic carbocycles. The highest BCUT2D eigenvalue weighted by atomic mass is 32.2. The van der Waals surface area contributed by atoms with Crippen molar-refractivity contribution < 1.29 is 38.6 Å². The lowest BCUT2D eigenvalue weighted by molar-refractivity contribution is -0.678. The number of fused-ring (bicyclic) bond motifs is 1. The zero-order chi connectivity index (χ0) is 28.1. The minimum Gasteiger partial charge on any atom is -0.591 e. The zero-order valence-electron chi connectivity index (χ0n) is 20.6. The zero-order valence-corrected chi connectivity index (χ0v) is 23.1. The first-order chi connectivity index (χ1) is 18.7. The summed E-state index contributed by atoms with van der Waals surface area (Å²) in [7, 11) is 2.75. The van der Waals surface area contributed by atoms with Crippen LogP contribution in [0.25, 0.3) is 0 Å². The molecular formula is C22H24N6O8S3. The maximum atomic E-state index is 13.2. The third-order valence-electron chi connectivity index (χ3n) is 5.64. The number of nitrogens with zero attached hydrogens (tertiary/aromatic N) is 3. The van der Waals surface area contributed by atoms with E-state index in [1.165, 1.54) is 43.4 Å². The van der Waals surface area contributed by atoms with Crippen molar-refractivity contribution in [3.8, 4) is 5.88 Å². The Hall–Kier alpha value is -3.54. The lowest BCUT2D eigenvalue weighted by Gasteiger charge is -2.49. The predicted octanol–water partition coefficient (Wildman–Crippen LogP) is 0.260. The van der Waals surface area contributed by atoms with Crippen molar-refractivity contribution in [3.05, 3.63) is 51.0 Å². The van der Waals surface area contributed by atoms with E-state index in [2.05, 4.69) is 21.0 Å². The van der Waals surface area contributed by atoms with Gasteiger partial charge in [-0.1, -0.05) is 17.8 Å². The smallest absolute Gasteiger partial charge is 0.405 e. The molecule has 0 aromatic carbocycles. The highest BCUT2D eigenvalue weighted by Crippen LogP contribution is 2.41. The second-order valence-corrected chi connectivity index (χ2v) is 11.1. The number of methoxy groups -OCH3 is 2. The summed E-state index contributed by atoms with van der Waals surface area (Å²) in [4.78, 5) is 52.6. The van der Waals surface area contributed by atoms with Gasteiger partial charge < -0.3 is 35.7 Å². The number of thiophene rings is 1. The van der Waals surface area contributed by atoms with E-state index in [4.69, 9.17) is 9.47 Å². The van der Waals surface area contributed by atoms with Crippen LogP contribution in [0.2, 0.25) is 0 Å². The quantitative estimate of drug-likeness (QED) is 0.0917. The molecule has 1 saturated heterocycles. The summed E-state index contributed by atoms with van der Waals surface area (Å²) in [6.07, 6.45) is 0. The molecule has 2 aromatic heterocycles. The minimum atomic E-state index is -1.27. The van der Waals surface area contributed by atoms with Gasteiger partial charge in [-0.25, -0.2) is 9.59 Å². The fraction of sp³-hybridized carbons (Fsp3) is 0.364. The first-order valence-corrected chi connectivity index (χ1v) is 14.2. The van der Waals surface area contributed by atoms with E-state index < -0.39 is 41.3 Å². The average Bonchev–Trinajstić information content (AvgIpc) is 3.46. The van der Waals surface area contributed by atoms with Gasteiger partial charge in [0.1, 0.15) is 29.9 Å². The van der Waals surface area contributed by atoms with Crippen LogP contribution in [-0.2, 0) is 19.1 Å². The molecule has 0 bridgehead atoms. The Morgan fingerprint density at radius 3 is 2.77 bits per heavy atom. The number of β-lactam (4-membered cyclic amide) rings is 1. The number of amides is 4. The molecule has 1 fully saturated rings. The molecule has 208 valence electrons. The number of thioether (sulfide) groups is 2. The highest BCUT2D eigenvalue weighted by molar-refractivity contribution is 8.01. The van der Waals surface area contributed by atoms with E-state index in [0.717, 1.165) is 16.7 Å². The van der Waals surface area contributed by atoms with Crippen LogP contribution in [0.1, 0.15) is 10.9 Å². The topological polar surface area (TPSA) is 186 Å². The van der Waals surface area contributed by atoms with Crippen molar-refractivity contribution >= 4 is 58.7 Å². The van der Waals surface area contributed by atoms with Crippen molar-refractivity contribution in [1.82, 2.24) is 25.9 Å². The first-order valence-electron chi connectivity index (χ1n) is 11.3. The number of carbonyl (C=O) groups excluding carboxylic acids is 3. The number of hydrogen-bond donors (Lipinski definition) is 4. The van der Waals surface area contributed by atoms with E-state index in [1.807, 2.05) is 0 Å². The van der Waals surface area contributed by atoms with Crippen LogP contribution in [0.4, 0.5) is 4.79 Å².